The third-order valence-corrected chi connectivity index (χ3v) is 13.9. The van der Waals surface area contributed by atoms with E-state index in [1.165, 1.54) is 44.6 Å². The van der Waals surface area contributed by atoms with E-state index in [9.17, 15) is 53.7 Å². The van der Waals surface area contributed by atoms with E-state index in [0.29, 0.717) is 12.8 Å². The number of nitrogens with two attached hydrogens (primary N) is 1. The van der Waals surface area contributed by atoms with E-state index in [2.05, 4.69) is 59.6 Å². The molecule has 0 aromatic carbocycles. The van der Waals surface area contributed by atoms with Crippen LogP contribution >= 0.6 is 15.6 Å². The Kier molecular flexibility index (Phi) is 34.0. The molecule has 1 aliphatic heterocycles. The van der Waals surface area contributed by atoms with Gasteiger partial charge in [0, 0.05) is 19.0 Å². The van der Waals surface area contributed by atoms with Crippen molar-refractivity contribution in [2.45, 2.75) is 198 Å². The predicted molar refractivity (Wildman–Crippen MR) is 273 cm³/mol. The van der Waals surface area contributed by atoms with Crippen LogP contribution in [0.1, 0.15) is 161 Å². The molecule has 0 amide bonds. The van der Waals surface area contributed by atoms with Crippen molar-refractivity contribution in [3.8, 4) is 0 Å². The van der Waals surface area contributed by atoms with Gasteiger partial charge in [-0.3, -0.25) is 23.2 Å². The van der Waals surface area contributed by atoms with Crippen LogP contribution in [-0.4, -0.2) is 108 Å². The fourth-order valence-electron chi connectivity index (χ4n) is 7.22. The quantitative estimate of drug-likeness (QED) is 0.0140. The number of aliphatic hydroxyl groups is 4. The second-order valence-corrected chi connectivity index (χ2v) is 20.6. The number of carbonyl (C=O) groups excluding carboxylic acids is 2. The van der Waals surface area contributed by atoms with Gasteiger partial charge in [-0.15, -0.1) is 0 Å². The fraction of sp³-hybridized carbons (Fsp3) is 0.680. The molecule has 0 radical (unpaired) electrons. The number of carbonyl (C=O) groups is 2. The van der Waals surface area contributed by atoms with Crippen LogP contribution in [0, 0.1) is 0 Å². The van der Waals surface area contributed by atoms with Gasteiger partial charge in [-0.25, -0.2) is 13.9 Å². The van der Waals surface area contributed by atoms with Crippen LogP contribution in [0.15, 0.2) is 77.8 Å². The Balaban J connectivity index is 1.88. The molecule has 9 atom stereocenters. The van der Waals surface area contributed by atoms with Crippen LogP contribution in [0.4, 0.5) is 5.82 Å². The Labute approximate surface area is 425 Å². The number of anilines is 1. The van der Waals surface area contributed by atoms with E-state index in [4.69, 9.17) is 29.0 Å². The SMILES string of the molecule is CC/C=C\C/C=C\C/C=C\C/C=C\C[C@@H](O)[C@H](O)CCCC(=O)O[C@H](COC(=O)CCCCCCC/C=C\CCCCCCCC)COP(=O)(O)OP(=O)(O)OC[C@H]1O[C@@H](n2ccc(N)nc2=O)[C@H](O)[C@@H]1O. The number of rotatable bonds is 41. The number of nitrogen functional groups attached to an aromatic ring is 1. The average Bonchev–Trinajstić information content (AvgIpc) is 3.61. The summed E-state index contributed by atoms with van der Waals surface area (Å²) < 4.78 is 56.5. The molecule has 72 heavy (non-hydrogen) atoms. The number of aromatic nitrogens is 2. The molecule has 2 unspecified atom stereocenters. The van der Waals surface area contributed by atoms with Gasteiger partial charge in [0.05, 0.1) is 25.4 Å². The second-order valence-electron chi connectivity index (χ2n) is 17.6. The standard InChI is InChI=1S/C50H83N3O17P2/c1-3-5-7-9-11-13-15-17-18-19-21-23-25-27-29-33-45(56)65-37-40(68-46(57)34-30-32-42(55)41(54)31-28-26-24-22-20-16-14-12-10-8-6-4-2)38-66-71(61,62)70-72(63,64)67-39-43-47(58)48(59)49(69-43)53-36-35-44(51)52-50(53)60/h6,8,12,14,17-18,20,22,26,28,35-36,40-43,47-49,54-55,58-59H,3-5,7,9-11,13,15-16,19,21,23-25,27,29-34,37-39H2,1-2H3,(H,61,62)(H,63,64)(H2,51,52,60)/b8-6-,14-12-,18-17-,22-20-,28-26-/t40-,41-,42-,43-,47-,48-,49-/m1/s1. The first-order valence-corrected chi connectivity index (χ1v) is 28.5. The minimum Gasteiger partial charge on any atom is -0.462 e. The fourth-order valence-corrected chi connectivity index (χ4v) is 9.33. The first-order valence-electron chi connectivity index (χ1n) is 25.5. The van der Waals surface area contributed by atoms with Crippen LogP contribution < -0.4 is 11.4 Å². The van der Waals surface area contributed by atoms with Crippen molar-refractivity contribution in [3.05, 3.63) is 83.5 Å². The normalized spacial score (nSPS) is 20.4. The molecular weight excluding hydrogens is 977 g/mol. The monoisotopic (exact) mass is 1060 g/mol. The van der Waals surface area contributed by atoms with Crippen LogP contribution in [0.2, 0.25) is 0 Å². The molecule has 1 aromatic heterocycles. The van der Waals surface area contributed by atoms with Crippen LogP contribution in [0.25, 0.3) is 0 Å². The van der Waals surface area contributed by atoms with E-state index in [0.717, 1.165) is 68.6 Å². The highest BCUT2D eigenvalue weighted by Gasteiger charge is 2.46. The smallest absolute Gasteiger partial charge is 0.462 e. The summed E-state index contributed by atoms with van der Waals surface area (Å²) in [5.74, 6) is -1.61. The number of esters is 2. The highest BCUT2D eigenvalue weighted by atomic mass is 31.3. The topological polar surface area (TPSA) is 306 Å². The van der Waals surface area contributed by atoms with Crippen molar-refractivity contribution in [2.24, 2.45) is 0 Å². The number of hydrogen-bond donors (Lipinski definition) is 7. The molecule has 410 valence electrons. The van der Waals surface area contributed by atoms with Crippen LogP contribution in [-0.2, 0) is 46.3 Å². The number of aliphatic hydroxyl groups excluding tert-OH is 4. The van der Waals surface area contributed by atoms with Gasteiger partial charge >= 0.3 is 33.3 Å². The minimum atomic E-state index is -5.50. The summed E-state index contributed by atoms with van der Waals surface area (Å²) in [5, 5.41) is 41.8. The third kappa shape index (κ3) is 29.9. The maximum absolute atomic E-state index is 12.9. The van der Waals surface area contributed by atoms with Crippen molar-refractivity contribution in [1.82, 2.24) is 9.55 Å². The van der Waals surface area contributed by atoms with Crippen molar-refractivity contribution < 1.29 is 76.5 Å². The third-order valence-electron chi connectivity index (χ3n) is 11.3. The number of hydrogen-bond acceptors (Lipinski definition) is 17. The highest BCUT2D eigenvalue weighted by molar-refractivity contribution is 7.61. The van der Waals surface area contributed by atoms with E-state index >= 15 is 0 Å². The average molecular weight is 1060 g/mol. The molecule has 1 saturated heterocycles. The summed E-state index contributed by atoms with van der Waals surface area (Å²) in [6, 6.07) is 1.23. The number of phosphoric ester groups is 2. The van der Waals surface area contributed by atoms with Crippen molar-refractivity contribution in [2.75, 3.05) is 25.6 Å². The zero-order chi connectivity index (χ0) is 53.0. The van der Waals surface area contributed by atoms with Crippen LogP contribution in [0.3, 0.4) is 0 Å². The summed E-state index contributed by atoms with van der Waals surface area (Å²) in [4.78, 5) is 61.9. The lowest BCUT2D eigenvalue weighted by Crippen LogP contribution is -2.36. The lowest BCUT2D eigenvalue weighted by atomic mass is 10.0. The minimum absolute atomic E-state index is 0.0288. The molecule has 0 bridgehead atoms. The molecule has 20 nitrogen and oxygen atoms in total. The number of nitrogens with zero attached hydrogens (tertiary/aromatic N) is 2. The molecule has 0 saturated carbocycles. The Morgan fingerprint density at radius 2 is 1.31 bits per heavy atom. The van der Waals surface area contributed by atoms with Crippen molar-refractivity contribution in [3.63, 3.8) is 0 Å². The maximum atomic E-state index is 12.9. The number of unbranched alkanes of at least 4 members (excludes halogenated alkanes) is 11. The largest absolute Gasteiger partial charge is 0.481 e. The highest BCUT2D eigenvalue weighted by Crippen LogP contribution is 2.60. The molecule has 2 rings (SSSR count). The van der Waals surface area contributed by atoms with Gasteiger partial charge in [-0.2, -0.15) is 9.29 Å². The molecule has 0 spiro atoms. The predicted octanol–water partition coefficient (Wildman–Crippen LogP) is 8.28. The van der Waals surface area contributed by atoms with Gasteiger partial charge in [0.1, 0.15) is 30.7 Å². The summed E-state index contributed by atoms with van der Waals surface area (Å²) in [5.41, 5.74) is 4.56. The first-order chi connectivity index (χ1) is 34.5. The Morgan fingerprint density at radius 1 is 0.736 bits per heavy atom. The molecule has 2 heterocycles. The molecule has 1 aliphatic rings. The zero-order valence-electron chi connectivity index (χ0n) is 42.2. The first kappa shape index (κ1) is 64.5. The van der Waals surface area contributed by atoms with Gasteiger partial charge in [-0.1, -0.05) is 126 Å². The number of allylic oxidation sites excluding steroid dienone is 9. The summed E-state index contributed by atoms with van der Waals surface area (Å²) >= 11 is 0. The molecule has 0 aliphatic carbocycles. The maximum Gasteiger partial charge on any atom is 0.481 e. The summed E-state index contributed by atoms with van der Waals surface area (Å²) in [6.45, 7) is 1.74. The van der Waals surface area contributed by atoms with Crippen LogP contribution in [0.5, 0.6) is 0 Å². The van der Waals surface area contributed by atoms with E-state index in [1.807, 2.05) is 18.2 Å². The Morgan fingerprint density at radius 3 is 1.93 bits per heavy atom. The lowest BCUT2D eigenvalue weighted by Gasteiger charge is -2.22. The van der Waals surface area contributed by atoms with Crippen molar-refractivity contribution >= 4 is 33.4 Å². The second kappa shape index (κ2) is 38.0. The van der Waals surface area contributed by atoms with Gasteiger partial charge in [0.2, 0.25) is 0 Å². The van der Waals surface area contributed by atoms with Gasteiger partial charge in [0.25, 0.3) is 0 Å². The van der Waals surface area contributed by atoms with E-state index in [1.54, 1.807) is 6.08 Å². The number of ether oxygens (including phenoxy) is 3. The van der Waals surface area contributed by atoms with Gasteiger partial charge < -0.3 is 50.2 Å². The molecule has 8 N–H and O–H groups in total. The Hall–Kier alpha value is -3.62. The lowest BCUT2D eigenvalue weighted by molar-refractivity contribution is -0.161. The summed E-state index contributed by atoms with van der Waals surface area (Å²) in [6.07, 6.45) is 28.9. The molecule has 1 aromatic rings. The number of phosphoric acid groups is 2. The molecular formula is C50H83N3O17P2. The zero-order valence-corrected chi connectivity index (χ0v) is 44.0. The van der Waals surface area contributed by atoms with E-state index in [-0.39, 0.29) is 37.9 Å². The van der Waals surface area contributed by atoms with Crippen molar-refractivity contribution in [1.29, 1.82) is 0 Å². The molecule has 1 fully saturated rings. The van der Waals surface area contributed by atoms with Gasteiger partial charge in [0.15, 0.2) is 12.3 Å². The molecule has 22 heteroatoms. The van der Waals surface area contributed by atoms with Gasteiger partial charge in [-0.05, 0) is 83.1 Å². The van der Waals surface area contributed by atoms with E-state index < -0.39 is 95.9 Å². The Bertz CT molecular complexity index is 1980. The summed E-state index contributed by atoms with van der Waals surface area (Å²) in [7, 11) is -11.0.